The number of fused-ring (bicyclic) bond motifs is 3. The maximum absolute atomic E-state index is 12.7. The third-order valence-corrected chi connectivity index (χ3v) is 10.6. The second kappa shape index (κ2) is 14.6. The Bertz CT molecular complexity index is 1210. The van der Waals surface area contributed by atoms with Crippen molar-refractivity contribution in [2.45, 2.75) is 114 Å². The molecule has 0 saturated heterocycles. The number of hydrogen-bond donors (Lipinski definition) is 3. The van der Waals surface area contributed by atoms with Crippen molar-refractivity contribution in [2.75, 3.05) is 0 Å². The highest BCUT2D eigenvalue weighted by atomic mass is 16.4. The summed E-state index contributed by atoms with van der Waals surface area (Å²) >= 11 is 0. The SMILES string of the molecule is O=C(O)[C@@H]1CC=CC[C@@H](CCCCCC[C@H]2C=CCC2)[C@H](c2ccc(O)cc2)Cc2cccc(c2)[C@@]12CCC[C@@H](O)C2. The van der Waals surface area contributed by atoms with Crippen molar-refractivity contribution in [2.24, 2.45) is 17.8 Å². The van der Waals surface area contributed by atoms with Crippen LogP contribution >= 0.6 is 0 Å². The van der Waals surface area contributed by atoms with E-state index in [4.69, 9.17) is 0 Å². The number of aliphatic hydroxyl groups is 1. The largest absolute Gasteiger partial charge is 0.508 e. The normalized spacial score (nSPS) is 29.7. The molecule has 1 spiro atoms. The molecule has 0 unspecified atom stereocenters. The van der Waals surface area contributed by atoms with Crippen molar-refractivity contribution in [3.63, 3.8) is 0 Å². The molecule has 3 aliphatic carbocycles. The van der Waals surface area contributed by atoms with Gasteiger partial charge in [0, 0.05) is 5.41 Å². The van der Waals surface area contributed by atoms with Crippen LogP contribution in [0.3, 0.4) is 0 Å². The molecule has 4 nitrogen and oxygen atoms in total. The quantitative estimate of drug-likeness (QED) is 0.208. The average Bonchev–Trinajstić information content (AvgIpc) is 3.50. The fourth-order valence-electron chi connectivity index (χ4n) is 8.25. The Hall–Kier alpha value is -2.85. The van der Waals surface area contributed by atoms with Gasteiger partial charge in [-0.1, -0.05) is 86.4 Å². The van der Waals surface area contributed by atoms with Crippen LogP contribution in [0.25, 0.3) is 0 Å². The number of hydrogen-bond acceptors (Lipinski definition) is 3. The van der Waals surface area contributed by atoms with E-state index in [0.717, 1.165) is 50.0 Å². The Morgan fingerprint density at radius 3 is 2.43 bits per heavy atom. The van der Waals surface area contributed by atoms with Gasteiger partial charge in [-0.05, 0) is 117 Å². The number of benzene rings is 2. The topological polar surface area (TPSA) is 77.8 Å². The first-order valence-electron chi connectivity index (χ1n) is 16.6. The van der Waals surface area contributed by atoms with Gasteiger partial charge in [-0.3, -0.25) is 4.79 Å². The number of unbranched alkanes of at least 4 members (excludes halogenated alkanes) is 3. The molecule has 0 radical (unpaired) electrons. The molecule has 3 N–H and O–H groups in total. The van der Waals surface area contributed by atoms with E-state index >= 15 is 0 Å². The minimum atomic E-state index is -0.761. The fourth-order valence-corrected chi connectivity index (χ4v) is 8.25. The molecular formula is C38H50O4. The van der Waals surface area contributed by atoms with Crippen LogP contribution in [-0.4, -0.2) is 27.4 Å². The summed E-state index contributed by atoms with van der Waals surface area (Å²) in [5, 5.41) is 31.2. The number of phenols is 1. The lowest BCUT2D eigenvalue weighted by atomic mass is 9.60. The Balaban J connectivity index is 1.40. The predicted molar refractivity (Wildman–Crippen MR) is 170 cm³/mol. The van der Waals surface area contributed by atoms with E-state index in [1.165, 1.54) is 56.1 Å². The van der Waals surface area contributed by atoms with Crippen molar-refractivity contribution >= 4 is 5.97 Å². The maximum Gasteiger partial charge on any atom is 0.307 e. The van der Waals surface area contributed by atoms with Gasteiger partial charge in [0.05, 0.1) is 12.0 Å². The summed E-state index contributed by atoms with van der Waals surface area (Å²) in [7, 11) is 0. The summed E-state index contributed by atoms with van der Waals surface area (Å²) in [4.78, 5) is 12.7. The number of aliphatic hydroxyl groups excluding tert-OH is 1. The molecular weight excluding hydrogens is 520 g/mol. The van der Waals surface area contributed by atoms with E-state index in [9.17, 15) is 20.1 Å². The second-order valence-electron chi connectivity index (χ2n) is 13.4. The third kappa shape index (κ3) is 7.56. The summed E-state index contributed by atoms with van der Waals surface area (Å²) in [6, 6.07) is 16.4. The molecule has 6 atom stereocenters. The number of allylic oxidation sites excluding steroid dienone is 4. The van der Waals surface area contributed by atoms with Crippen LogP contribution in [0, 0.1) is 17.8 Å². The summed E-state index contributed by atoms with van der Waals surface area (Å²) in [5.74, 6) is 0.501. The van der Waals surface area contributed by atoms with Crippen LogP contribution in [0.5, 0.6) is 5.75 Å². The first-order valence-corrected chi connectivity index (χ1v) is 16.6. The van der Waals surface area contributed by atoms with Gasteiger partial charge in [-0.25, -0.2) is 0 Å². The Morgan fingerprint density at radius 2 is 1.69 bits per heavy atom. The van der Waals surface area contributed by atoms with E-state index in [2.05, 4.69) is 60.7 Å². The maximum atomic E-state index is 12.7. The highest BCUT2D eigenvalue weighted by Crippen LogP contribution is 2.48. The molecule has 1 saturated carbocycles. The molecule has 1 fully saturated rings. The lowest BCUT2D eigenvalue weighted by Crippen LogP contribution is -2.45. The van der Waals surface area contributed by atoms with Gasteiger partial charge in [-0.15, -0.1) is 0 Å². The standard InChI is InChI=1S/C38H50O4/c39-33-22-20-31(21-23-33)35-26-29-14-9-17-32(25-29)38(24-10-18-34(40)27-38)36(37(41)42)19-8-7-16-30(35)15-4-2-1-3-11-28-12-5-6-13-28/h5,7-9,12,14,17,20-23,25,28,30,34-36,39-40H,1-4,6,10-11,13,15-16,18-19,24,26-27H2,(H,41,42)/t28-,30+,34+,35+,36-,38-/m0/s1. The number of carbonyl (C=O) groups is 1. The van der Waals surface area contributed by atoms with Crippen LogP contribution in [-0.2, 0) is 16.6 Å². The molecule has 3 aliphatic rings. The van der Waals surface area contributed by atoms with Crippen molar-refractivity contribution in [1.82, 2.24) is 0 Å². The summed E-state index contributed by atoms with van der Waals surface area (Å²) in [5.41, 5.74) is 2.99. The van der Waals surface area contributed by atoms with Gasteiger partial charge >= 0.3 is 5.97 Å². The third-order valence-electron chi connectivity index (χ3n) is 10.6. The van der Waals surface area contributed by atoms with E-state index in [0.29, 0.717) is 30.4 Å². The molecule has 5 rings (SSSR count). The van der Waals surface area contributed by atoms with Crippen LogP contribution in [0.1, 0.15) is 112 Å². The van der Waals surface area contributed by atoms with Crippen LogP contribution in [0.2, 0.25) is 0 Å². The number of phenolic OH excluding ortho intramolecular Hbond substituents is 1. The van der Waals surface area contributed by atoms with E-state index in [1.54, 1.807) is 0 Å². The highest BCUT2D eigenvalue weighted by Gasteiger charge is 2.47. The van der Waals surface area contributed by atoms with Gasteiger partial charge in [0.1, 0.15) is 5.75 Å². The van der Waals surface area contributed by atoms with Gasteiger partial charge in [0.25, 0.3) is 0 Å². The Morgan fingerprint density at radius 1 is 0.905 bits per heavy atom. The zero-order chi connectivity index (χ0) is 29.4. The summed E-state index contributed by atoms with van der Waals surface area (Å²) in [6.07, 6.45) is 23.8. The van der Waals surface area contributed by atoms with Gasteiger partial charge in [0.2, 0.25) is 0 Å². The Labute approximate surface area is 252 Å². The first kappa shape index (κ1) is 30.6. The zero-order valence-corrected chi connectivity index (χ0v) is 25.2. The number of rotatable bonds is 9. The zero-order valence-electron chi connectivity index (χ0n) is 25.2. The van der Waals surface area contributed by atoms with E-state index in [-0.39, 0.29) is 0 Å². The summed E-state index contributed by atoms with van der Waals surface area (Å²) < 4.78 is 0. The van der Waals surface area contributed by atoms with Crippen LogP contribution in [0.4, 0.5) is 0 Å². The first-order chi connectivity index (χ1) is 20.4. The summed E-state index contributed by atoms with van der Waals surface area (Å²) in [6.45, 7) is 0. The molecule has 2 aromatic carbocycles. The van der Waals surface area contributed by atoms with Crippen molar-refractivity contribution in [3.8, 4) is 5.75 Å². The van der Waals surface area contributed by atoms with Gasteiger partial charge in [-0.2, -0.15) is 0 Å². The number of carboxylic acids is 1. The highest BCUT2D eigenvalue weighted by molar-refractivity contribution is 5.73. The number of aromatic hydroxyl groups is 1. The second-order valence-corrected chi connectivity index (χ2v) is 13.4. The smallest absolute Gasteiger partial charge is 0.307 e. The van der Waals surface area contributed by atoms with Crippen LogP contribution in [0.15, 0.2) is 72.8 Å². The molecule has 0 aromatic heterocycles. The van der Waals surface area contributed by atoms with Crippen molar-refractivity contribution in [1.29, 1.82) is 0 Å². The van der Waals surface area contributed by atoms with Gasteiger partial charge in [0.15, 0.2) is 0 Å². The minimum absolute atomic E-state index is 0.292. The van der Waals surface area contributed by atoms with E-state index in [1.807, 2.05) is 12.1 Å². The minimum Gasteiger partial charge on any atom is -0.508 e. The molecule has 4 heteroatoms. The molecule has 0 aliphatic heterocycles. The van der Waals surface area contributed by atoms with Gasteiger partial charge < -0.3 is 15.3 Å². The Kier molecular flexibility index (Phi) is 10.6. The monoisotopic (exact) mass is 570 g/mol. The van der Waals surface area contributed by atoms with Crippen molar-refractivity contribution < 1.29 is 20.1 Å². The number of carboxylic acid groups (broad SMARTS) is 1. The van der Waals surface area contributed by atoms with E-state index < -0.39 is 23.4 Å². The molecule has 0 heterocycles. The fraction of sp³-hybridized carbons (Fsp3) is 0.553. The molecule has 0 amide bonds. The molecule has 2 bridgehead atoms. The molecule has 42 heavy (non-hydrogen) atoms. The number of aliphatic carboxylic acids is 1. The average molecular weight is 571 g/mol. The van der Waals surface area contributed by atoms with Crippen LogP contribution < -0.4 is 0 Å². The van der Waals surface area contributed by atoms with Crippen molar-refractivity contribution in [3.05, 3.63) is 89.5 Å². The molecule has 2 aromatic rings. The predicted octanol–water partition coefficient (Wildman–Crippen LogP) is 8.87. The molecule has 226 valence electrons. The lowest BCUT2D eigenvalue weighted by Gasteiger charge is -2.44. The lowest BCUT2D eigenvalue weighted by molar-refractivity contribution is -0.145.